The second-order valence-electron chi connectivity index (χ2n) is 10.3. The minimum absolute atomic E-state index is 0.0730. The molecule has 0 N–H and O–H groups in total. The summed E-state index contributed by atoms with van der Waals surface area (Å²) in [5.74, 6) is 0.731. The van der Waals surface area contributed by atoms with E-state index >= 15 is 0 Å². The first-order valence-electron chi connectivity index (χ1n) is 13.0. The Bertz CT molecular complexity index is 1740. The second kappa shape index (κ2) is 8.67. The third-order valence-electron chi connectivity index (χ3n) is 7.67. The number of nitrogens with zero attached hydrogens (tertiary/aromatic N) is 3. The van der Waals surface area contributed by atoms with Gasteiger partial charge in [-0.25, -0.2) is 9.97 Å². The lowest BCUT2D eigenvalue weighted by molar-refractivity contribution is 0.632. The van der Waals surface area contributed by atoms with Gasteiger partial charge in [0.25, 0.3) is 0 Å². The monoisotopic (exact) mass is 489 g/mol. The van der Waals surface area contributed by atoms with E-state index in [1.165, 1.54) is 22.5 Å². The molecular weight excluding hydrogens is 462 g/mol. The van der Waals surface area contributed by atoms with Gasteiger partial charge >= 0.3 is 0 Å². The van der Waals surface area contributed by atoms with E-state index in [4.69, 9.17) is 9.97 Å². The van der Waals surface area contributed by atoms with Crippen molar-refractivity contribution in [1.82, 2.24) is 9.97 Å². The molecule has 1 aromatic heterocycles. The number of fused-ring (bicyclic) bond motifs is 3. The summed E-state index contributed by atoms with van der Waals surface area (Å²) in [7, 11) is 0. The summed E-state index contributed by atoms with van der Waals surface area (Å²) in [6, 6.07) is 44.7. The van der Waals surface area contributed by atoms with E-state index in [2.05, 4.69) is 128 Å². The maximum Gasteiger partial charge on any atom is 0.160 e. The fourth-order valence-corrected chi connectivity index (χ4v) is 5.73. The smallest absolute Gasteiger partial charge is 0.160 e. The number of benzene rings is 5. The molecule has 0 saturated heterocycles. The maximum absolute atomic E-state index is 5.05. The van der Waals surface area contributed by atoms with Crippen LogP contribution in [0.2, 0.25) is 0 Å². The van der Waals surface area contributed by atoms with E-state index in [0.29, 0.717) is 0 Å². The molecule has 6 aromatic rings. The summed E-state index contributed by atoms with van der Waals surface area (Å²) >= 11 is 0. The molecule has 0 saturated carbocycles. The first-order chi connectivity index (χ1) is 18.6. The van der Waals surface area contributed by atoms with Crippen molar-refractivity contribution in [2.75, 3.05) is 4.90 Å². The molecule has 3 nitrogen and oxygen atoms in total. The minimum atomic E-state index is -0.0730. The number of aromatic nitrogens is 2. The van der Waals surface area contributed by atoms with Gasteiger partial charge in [0, 0.05) is 27.6 Å². The predicted molar refractivity (Wildman–Crippen MR) is 157 cm³/mol. The molecule has 0 bridgehead atoms. The largest absolute Gasteiger partial charge is 0.310 e. The van der Waals surface area contributed by atoms with E-state index in [9.17, 15) is 0 Å². The molecule has 0 aliphatic carbocycles. The maximum atomic E-state index is 5.05. The third-order valence-corrected chi connectivity index (χ3v) is 7.67. The number of hydrogen-bond donors (Lipinski definition) is 0. The molecule has 0 spiro atoms. The summed E-state index contributed by atoms with van der Waals surface area (Å²) in [6.45, 7) is 4.62. The van der Waals surface area contributed by atoms with E-state index in [-0.39, 0.29) is 5.41 Å². The summed E-state index contributed by atoms with van der Waals surface area (Å²) in [5, 5.41) is 1.06. The second-order valence-corrected chi connectivity index (χ2v) is 10.3. The van der Waals surface area contributed by atoms with Crippen molar-refractivity contribution in [1.29, 1.82) is 0 Å². The lowest BCUT2D eigenvalue weighted by Gasteiger charge is -2.42. The molecule has 1 aliphatic rings. The van der Waals surface area contributed by atoms with Crippen LogP contribution in [0.15, 0.2) is 127 Å². The van der Waals surface area contributed by atoms with Crippen LogP contribution in [0.3, 0.4) is 0 Å². The zero-order valence-electron chi connectivity index (χ0n) is 21.5. The average molecular weight is 490 g/mol. The third kappa shape index (κ3) is 3.51. The van der Waals surface area contributed by atoms with Gasteiger partial charge in [-0.3, -0.25) is 0 Å². The number of hydrogen-bond acceptors (Lipinski definition) is 3. The van der Waals surface area contributed by atoms with Crippen LogP contribution in [0, 0.1) is 0 Å². The van der Waals surface area contributed by atoms with Gasteiger partial charge in [0.05, 0.1) is 22.6 Å². The molecule has 182 valence electrons. The van der Waals surface area contributed by atoms with Gasteiger partial charge in [-0.05, 0) is 53.6 Å². The standard InChI is InChI=1S/C35H27N3/c1-35(2)28-15-7-10-18-31(28)38(32-19-11-8-16-29(32)35)26-22-20-25(21-23-26)34-36-30-17-9-6-14-27(30)33(37-34)24-12-4-3-5-13-24/h3-23H,1-2H3. The molecule has 2 heterocycles. The van der Waals surface area contributed by atoms with E-state index in [1.54, 1.807) is 0 Å². The zero-order chi connectivity index (χ0) is 25.7. The van der Waals surface area contributed by atoms with Crippen molar-refractivity contribution in [2.45, 2.75) is 19.3 Å². The molecule has 0 radical (unpaired) electrons. The van der Waals surface area contributed by atoms with Gasteiger partial charge in [-0.15, -0.1) is 0 Å². The Labute approximate surface area is 223 Å². The van der Waals surface area contributed by atoms with Crippen LogP contribution in [0.1, 0.15) is 25.0 Å². The fraction of sp³-hybridized carbons (Fsp3) is 0.0857. The number of para-hydroxylation sites is 3. The Morgan fingerprint density at radius 1 is 0.526 bits per heavy atom. The van der Waals surface area contributed by atoms with Crippen LogP contribution in [0.5, 0.6) is 0 Å². The van der Waals surface area contributed by atoms with Crippen molar-refractivity contribution >= 4 is 28.0 Å². The van der Waals surface area contributed by atoms with Gasteiger partial charge in [0.15, 0.2) is 5.82 Å². The Kier molecular flexibility index (Phi) is 5.12. The first-order valence-corrected chi connectivity index (χ1v) is 13.0. The lowest BCUT2D eigenvalue weighted by atomic mass is 9.73. The Morgan fingerprint density at radius 3 is 1.79 bits per heavy atom. The van der Waals surface area contributed by atoms with Crippen molar-refractivity contribution in [3.63, 3.8) is 0 Å². The summed E-state index contributed by atoms with van der Waals surface area (Å²) < 4.78 is 0. The van der Waals surface area contributed by atoms with Crippen LogP contribution in [-0.2, 0) is 5.41 Å². The van der Waals surface area contributed by atoms with Crippen LogP contribution < -0.4 is 4.90 Å². The summed E-state index contributed by atoms with van der Waals surface area (Å²) in [5.41, 5.74) is 10.1. The number of rotatable bonds is 3. The SMILES string of the molecule is CC1(C)c2ccccc2N(c2ccc(-c3nc(-c4ccccc4)c4ccccc4n3)cc2)c2ccccc21. The molecule has 38 heavy (non-hydrogen) atoms. The van der Waals surface area contributed by atoms with E-state index < -0.39 is 0 Å². The van der Waals surface area contributed by atoms with Crippen LogP contribution >= 0.6 is 0 Å². The van der Waals surface area contributed by atoms with Gasteiger partial charge < -0.3 is 4.90 Å². The van der Waals surface area contributed by atoms with Crippen molar-refractivity contribution in [3.05, 3.63) is 139 Å². The molecule has 0 unspecified atom stereocenters. The van der Waals surface area contributed by atoms with Gasteiger partial charge in [0.2, 0.25) is 0 Å². The quantitative estimate of drug-likeness (QED) is 0.248. The molecule has 1 aliphatic heterocycles. The van der Waals surface area contributed by atoms with E-state index in [0.717, 1.165) is 39.2 Å². The summed E-state index contributed by atoms with van der Waals surface area (Å²) in [6.07, 6.45) is 0. The normalized spacial score (nSPS) is 13.7. The molecule has 7 rings (SSSR count). The van der Waals surface area contributed by atoms with Crippen LogP contribution in [-0.4, -0.2) is 9.97 Å². The average Bonchev–Trinajstić information content (AvgIpc) is 2.98. The molecule has 0 atom stereocenters. The minimum Gasteiger partial charge on any atom is -0.310 e. The van der Waals surface area contributed by atoms with Crippen molar-refractivity contribution < 1.29 is 0 Å². The highest BCUT2D eigenvalue weighted by molar-refractivity contribution is 5.93. The van der Waals surface area contributed by atoms with Gasteiger partial charge in [0.1, 0.15) is 0 Å². The molecule has 5 aromatic carbocycles. The van der Waals surface area contributed by atoms with Gasteiger partial charge in [-0.2, -0.15) is 0 Å². The summed E-state index contributed by atoms with van der Waals surface area (Å²) in [4.78, 5) is 12.4. The highest BCUT2D eigenvalue weighted by atomic mass is 15.2. The Hall–Kier alpha value is -4.76. The molecular formula is C35H27N3. The lowest BCUT2D eigenvalue weighted by Crippen LogP contribution is -2.30. The fourth-order valence-electron chi connectivity index (χ4n) is 5.73. The first kappa shape index (κ1) is 22.4. The van der Waals surface area contributed by atoms with E-state index in [1.807, 2.05) is 18.2 Å². The van der Waals surface area contributed by atoms with Crippen molar-refractivity contribution in [2.24, 2.45) is 0 Å². The van der Waals surface area contributed by atoms with Gasteiger partial charge in [-0.1, -0.05) is 98.8 Å². The van der Waals surface area contributed by atoms with Crippen LogP contribution in [0.4, 0.5) is 17.1 Å². The highest BCUT2D eigenvalue weighted by Crippen LogP contribution is 2.51. The topological polar surface area (TPSA) is 29.0 Å². The highest BCUT2D eigenvalue weighted by Gasteiger charge is 2.36. The Balaban J connectivity index is 1.35. The molecule has 0 amide bonds. The van der Waals surface area contributed by atoms with Crippen LogP contribution in [0.25, 0.3) is 33.5 Å². The Morgan fingerprint density at radius 2 is 1.11 bits per heavy atom. The zero-order valence-corrected chi connectivity index (χ0v) is 21.5. The van der Waals surface area contributed by atoms with Crippen molar-refractivity contribution in [3.8, 4) is 22.6 Å². The predicted octanol–water partition coefficient (Wildman–Crippen LogP) is 9.07. The number of anilines is 3. The molecule has 3 heteroatoms. The molecule has 0 fully saturated rings.